The summed E-state index contributed by atoms with van der Waals surface area (Å²) in [5.41, 5.74) is 1.38. The van der Waals surface area contributed by atoms with Crippen molar-refractivity contribution >= 4 is 5.97 Å². The van der Waals surface area contributed by atoms with Crippen LogP contribution in [0.25, 0.3) is 11.5 Å². The molecule has 2 N–H and O–H groups in total. The molecule has 1 aliphatic rings. The Kier molecular flexibility index (Phi) is 2.24. The fraction of sp³-hybridized carbons (Fsp3) is 0.333. The van der Waals surface area contributed by atoms with Crippen LogP contribution in [0.15, 0.2) is 22.8 Å². The molecule has 2 aromatic heterocycles. The normalized spacial score (nSPS) is 15.8. The maximum Gasteiger partial charge on any atom is 0.339 e. The molecule has 5 heteroatoms. The number of carboxylic acids is 1. The molecule has 1 aliphatic carbocycles. The van der Waals surface area contributed by atoms with Gasteiger partial charge in [-0.05, 0) is 25.0 Å². The second kappa shape index (κ2) is 3.76. The van der Waals surface area contributed by atoms with Gasteiger partial charge in [0.2, 0.25) is 0 Å². The molecule has 0 aromatic carbocycles. The van der Waals surface area contributed by atoms with Crippen molar-refractivity contribution in [1.29, 1.82) is 0 Å². The summed E-state index contributed by atoms with van der Waals surface area (Å²) in [5.74, 6) is -0.159. The maximum atomic E-state index is 11.3. The van der Waals surface area contributed by atoms with E-state index in [0.29, 0.717) is 17.4 Å². The summed E-state index contributed by atoms with van der Waals surface area (Å²) in [5, 5.41) is 16.2. The molecule has 5 nitrogen and oxygen atoms in total. The molecule has 0 amide bonds. The minimum absolute atomic E-state index is 0.254. The van der Waals surface area contributed by atoms with Crippen LogP contribution in [-0.4, -0.2) is 21.3 Å². The zero-order valence-corrected chi connectivity index (χ0v) is 9.14. The van der Waals surface area contributed by atoms with Crippen molar-refractivity contribution < 1.29 is 14.3 Å². The molecule has 3 rings (SSSR count). The summed E-state index contributed by atoms with van der Waals surface area (Å²) >= 11 is 0. The Hall–Kier alpha value is -2.04. The first-order chi connectivity index (χ1) is 8.27. The summed E-state index contributed by atoms with van der Waals surface area (Å²) in [6.07, 6.45) is 4.72. The van der Waals surface area contributed by atoms with Gasteiger partial charge in [0.05, 0.1) is 12.0 Å². The van der Waals surface area contributed by atoms with E-state index in [1.54, 1.807) is 12.1 Å². The van der Waals surface area contributed by atoms with E-state index >= 15 is 0 Å². The lowest BCUT2D eigenvalue weighted by Gasteiger charge is -2.24. The van der Waals surface area contributed by atoms with Gasteiger partial charge in [0, 0.05) is 5.92 Å². The molecule has 0 atom stereocenters. The molecular weight excluding hydrogens is 220 g/mol. The first-order valence-electron chi connectivity index (χ1n) is 5.63. The first kappa shape index (κ1) is 10.1. The quantitative estimate of drug-likeness (QED) is 0.852. The third-order valence-corrected chi connectivity index (χ3v) is 3.28. The van der Waals surface area contributed by atoms with Crippen LogP contribution in [0.4, 0.5) is 0 Å². The van der Waals surface area contributed by atoms with Crippen molar-refractivity contribution in [3.8, 4) is 11.5 Å². The molecule has 17 heavy (non-hydrogen) atoms. The van der Waals surface area contributed by atoms with Gasteiger partial charge >= 0.3 is 5.97 Å². The molecule has 88 valence electrons. The van der Waals surface area contributed by atoms with Gasteiger partial charge in [-0.1, -0.05) is 6.42 Å². The number of carboxylic acid groups (broad SMARTS) is 1. The SMILES string of the molecule is O=C(O)c1c(-c2ccco2)n[nH]c1C1CCC1. The van der Waals surface area contributed by atoms with Gasteiger partial charge in [-0.2, -0.15) is 5.10 Å². The highest BCUT2D eigenvalue weighted by molar-refractivity contribution is 5.95. The number of hydrogen-bond acceptors (Lipinski definition) is 3. The molecule has 0 bridgehead atoms. The van der Waals surface area contributed by atoms with Crippen molar-refractivity contribution in [3.05, 3.63) is 29.7 Å². The van der Waals surface area contributed by atoms with Gasteiger partial charge in [-0.3, -0.25) is 5.10 Å². The smallest absolute Gasteiger partial charge is 0.339 e. The topological polar surface area (TPSA) is 79.1 Å². The molecular formula is C12H12N2O3. The Morgan fingerprint density at radius 1 is 1.53 bits per heavy atom. The van der Waals surface area contributed by atoms with Gasteiger partial charge in [-0.15, -0.1) is 0 Å². The maximum absolute atomic E-state index is 11.3. The third-order valence-electron chi connectivity index (χ3n) is 3.28. The number of nitrogens with one attached hydrogen (secondary N) is 1. The third kappa shape index (κ3) is 1.54. The minimum Gasteiger partial charge on any atom is -0.478 e. The van der Waals surface area contributed by atoms with Gasteiger partial charge in [0.25, 0.3) is 0 Å². The van der Waals surface area contributed by atoms with Gasteiger partial charge in [0.1, 0.15) is 11.3 Å². The molecule has 0 aliphatic heterocycles. The summed E-state index contributed by atoms with van der Waals surface area (Å²) in [6, 6.07) is 3.44. The van der Waals surface area contributed by atoms with Crippen LogP contribution in [0, 0.1) is 0 Å². The number of aromatic nitrogens is 2. The van der Waals surface area contributed by atoms with E-state index in [4.69, 9.17) is 4.42 Å². The molecule has 2 heterocycles. The Bertz CT molecular complexity index is 538. The van der Waals surface area contributed by atoms with Crippen LogP contribution >= 0.6 is 0 Å². The highest BCUT2D eigenvalue weighted by Gasteiger charge is 2.30. The molecule has 0 radical (unpaired) electrons. The van der Waals surface area contributed by atoms with E-state index in [9.17, 15) is 9.90 Å². The number of rotatable bonds is 3. The van der Waals surface area contributed by atoms with Gasteiger partial charge in [0.15, 0.2) is 5.76 Å². The van der Waals surface area contributed by atoms with Crippen molar-refractivity contribution in [1.82, 2.24) is 10.2 Å². The van der Waals surface area contributed by atoms with E-state index in [1.165, 1.54) is 6.26 Å². The standard InChI is InChI=1S/C12H12N2O3/c15-12(16)9-10(7-3-1-4-7)13-14-11(9)8-5-2-6-17-8/h2,5-7H,1,3-4H2,(H,13,14)(H,15,16). The molecule has 0 spiro atoms. The zero-order valence-electron chi connectivity index (χ0n) is 9.14. The van der Waals surface area contributed by atoms with Crippen molar-refractivity contribution in [2.45, 2.75) is 25.2 Å². The van der Waals surface area contributed by atoms with E-state index < -0.39 is 5.97 Å². The highest BCUT2D eigenvalue weighted by Crippen LogP contribution is 2.39. The zero-order chi connectivity index (χ0) is 11.8. The summed E-state index contributed by atoms with van der Waals surface area (Å²) < 4.78 is 5.21. The molecule has 2 aromatic rings. The van der Waals surface area contributed by atoms with Crippen LogP contribution in [0.3, 0.4) is 0 Å². The van der Waals surface area contributed by atoms with Crippen molar-refractivity contribution in [3.63, 3.8) is 0 Å². The number of furan rings is 1. The second-order valence-electron chi connectivity index (χ2n) is 4.27. The van der Waals surface area contributed by atoms with Gasteiger partial charge < -0.3 is 9.52 Å². The number of hydrogen-bond donors (Lipinski definition) is 2. The first-order valence-corrected chi connectivity index (χ1v) is 5.63. The molecule has 1 saturated carbocycles. The largest absolute Gasteiger partial charge is 0.478 e. The molecule has 0 unspecified atom stereocenters. The number of carbonyl (C=O) groups is 1. The van der Waals surface area contributed by atoms with Crippen LogP contribution in [0.2, 0.25) is 0 Å². The Balaban J connectivity index is 2.10. The summed E-state index contributed by atoms with van der Waals surface area (Å²) in [4.78, 5) is 11.3. The average molecular weight is 232 g/mol. The molecule has 0 saturated heterocycles. The van der Waals surface area contributed by atoms with E-state index in [1.807, 2.05) is 0 Å². The number of nitrogens with zero attached hydrogens (tertiary/aromatic N) is 1. The number of aromatic amines is 1. The Morgan fingerprint density at radius 2 is 2.35 bits per heavy atom. The fourth-order valence-electron chi connectivity index (χ4n) is 2.16. The van der Waals surface area contributed by atoms with Crippen LogP contribution in [0.1, 0.15) is 41.2 Å². The predicted molar refractivity (Wildman–Crippen MR) is 59.8 cm³/mol. The Labute approximate surface area is 97.5 Å². The lowest BCUT2D eigenvalue weighted by molar-refractivity contribution is 0.0695. The Morgan fingerprint density at radius 3 is 2.88 bits per heavy atom. The summed E-state index contributed by atoms with van der Waals surface area (Å²) in [6.45, 7) is 0. The van der Waals surface area contributed by atoms with Crippen molar-refractivity contribution in [2.75, 3.05) is 0 Å². The average Bonchev–Trinajstić information content (AvgIpc) is 2.80. The number of aromatic carboxylic acids is 1. The highest BCUT2D eigenvalue weighted by atomic mass is 16.4. The van der Waals surface area contributed by atoms with Crippen molar-refractivity contribution in [2.24, 2.45) is 0 Å². The lowest BCUT2D eigenvalue weighted by atomic mass is 9.81. The van der Waals surface area contributed by atoms with Crippen LogP contribution < -0.4 is 0 Å². The minimum atomic E-state index is -0.952. The predicted octanol–water partition coefficient (Wildman–Crippen LogP) is 2.64. The van der Waals surface area contributed by atoms with E-state index in [2.05, 4.69) is 10.2 Å². The number of H-pyrrole nitrogens is 1. The van der Waals surface area contributed by atoms with E-state index in [0.717, 1.165) is 25.0 Å². The monoisotopic (exact) mass is 232 g/mol. The van der Waals surface area contributed by atoms with E-state index in [-0.39, 0.29) is 5.56 Å². The van der Waals surface area contributed by atoms with Gasteiger partial charge in [-0.25, -0.2) is 4.79 Å². The molecule has 1 fully saturated rings. The van der Waals surface area contributed by atoms with Crippen LogP contribution in [-0.2, 0) is 0 Å². The summed E-state index contributed by atoms with van der Waals surface area (Å²) in [7, 11) is 0. The lowest BCUT2D eigenvalue weighted by Crippen LogP contribution is -2.13. The van der Waals surface area contributed by atoms with Crippen LogP contribution in [0.5, 0.6) is 0 Å². The fourth-order valence-corrected chi connectivity index (χ4v) is 2.16. The second-order valence-corrected chi connectivity index (χ2v) is 4.27.